The molecule has 0 bridgehead atoms. The molecular formula is C16H20O3S. The number of aryl methyl sites for hydroxylation is 3. The molecule has 0 saturated heterocycles. The van der Waals surface area contributed by atoms with Crippen LogP contribution in [0.2, 0.25) is 0 Å². The Morgan fingerprint density at radius 1 is 0.750 bits per heavy atom. The van der Waals surface area contributed by atoms with E-state index in [0.717, 1.165) is 0 Å². The Labute approximate surface area is 121 Å². The first-order chi connectivity index (χ1) is 9.23. The van der Waals surface area contributed by atoms with E-state index in [4.69, 9.17) is 4.55 Å². The first-order valence-corrected chi connectivity index (χ1v) is 7.73. The maximum absolute atomic E-state index is 10.6. The van der Waals surface area contributed by atoms with Crippen LogP contribution in [0.1, 0.15) is 22.3 Å². The zero-order valence-corrected chi connectivity index (χ0v) is 13.0. The van der Waals surface area contributed by atoms with E-state index in [-0.39, 0.29) is 4.90 Å². The van der Waals surface area contributed by atoms with E-state index in [2.05, 4.69) is 39.0 Å². The van der Waals surface area contributed by atoms with Crippen molar-refractivity contribution in [2.45, 2.75) is 32.6 Å². The van der Waals surface area contributed by atoms with Crippen molar-refractivity contribution >= 4 is 10.1 Å². The highest BCUT2D eigenvalue weighted by Crippen LogP contribution is 2.12. The summed E-state index contributed by atoms with van der Waals surface area (Å²) in [5.74, 6) is 0. The minimum absolute atomic E-state index is 0.0278. The zero-order chi connectivity index (χ0) is 15.3. The molecule has 0 fully saturated rings. The molecule has 0 heterocycles. The molecule has 1 N–H and O–H groups in total. The van der Waals surface area contributed by atoms with Crippen molar-refractivity contribution in [2.75, 3.05) is 0 Å². The highest BCUT2D eigenvalue weighted by atomic mass is 32.2. The predicted molar refractivity (Wildman–Crippen MR) is 81.6 cm³/mol. The summed E-state index contributed by atoms with van der Waals surface area (Å²) in [6, 6.07) is 12.6. The molecule has 0 aromatic heterocycles. The fraction of sp³-hybridized carbons (Fsp3) is 0.250. The third-order valence-corrected chi connectivity index (χ3v) is 4.26. The molecule has 2 rings (SSSR count). The largest absolute Gasteiger partial charge is 0.294 e. The Morgan fingerprint density at radius 3 is 1.55 bits per heavy atom. The molecule has 0 unspecified atom stereocenters. The van der Waals surface area contributed by atoms with Crippen LogP contribution in [0, 0.1) is 27.7 Å². The van der Waals surface area contributed by atoms with Crippen LogP contribution in [0.3, 0.4) is 0 Å². The van der Waals surface area contributed by atoms with Crippen LogP contribution in [0.4, 0.5) is 0 Å². The average molecular weight is 292 g/mol. The summed E-state index contributed by atoms with van der Waals surface area (Å²) in [6.07, 6.45) is 0. The van der Waals surface area contributed by atoms with Gasteiger partial charge < -0.3 is 0 Å². The van der Waals surface area contributed by atoms with E-state index >= 15 is 0 Å². The number of rotatable bonds is 1. The normalized spacial score (nSPS) is 10.7. The molecule has 2 aromatic carbocycles. The molecule has 3 nitrogen and oxygen atoms in total. The third-order valence-electron chi connectivity index (χ3n) is 3.25. The molecule has 108 valence electrons. The van der Waals surface area contributed by atoms with E-state index in [1.54, 1.807) is 25.1 Å². The van der Waals surface area contributed by atoms with Gasteiger partial charge in [-0.15, -0.1) is 0 Å². The van der Waals surface area contributed by atoms with Crippen LogP contribution in [0.15, 0.2) is 47.4 Å². The average Bonchev–Trinajstić information content (AvgIpc) is 2.36. The lowest BCUT2D eigenvalue weighted by Crippen LogP contribution is -1.99. The van der Waals surface area contributed by atoms with Crippen molar-refractivity contribution < 1.29 is 13.0 Å². The fourth-order valence-corrected chi connectivity index (χ4v) is 2.47. The Balaban J connectivity index is 0.000000204. The van der Waals surface area contributed by atoms with Gasteiger partial charge >= 0.3 is 0 Å². The van der Waals surface area contributed by atoms with Crippen LogP contribution in [-0.2, 0) is 10.1 Å². The first-order valence-electron chi connectivity index (χ1n) is 6.29. The van der Waals surface area contributed by atoms with Gasteiger partial charge in [-0.2, -0.15) is 8.42 Å². The van der Waals surface area contributed by atoms with Gasteiger partial charge in [-0.1, -0.05) is 36.4 Å². The maximum atomic E-state index is 10.6. The van der Waals surface area contributed by atoms with Gasteiger partial charge in [0.15, 0.2) is 0 Å². The molecule has 0 amide bonds. The van der Waals surface area contributed by atoms with Crippen molar-refractivity contribution in [2.24, 2.45) is 0 Å². The zero-order valence-electron chi connectivity index (χ0n) is 12.2. The molecule has 0 aliphatic rings. The summed E-state index contributed by atoms with van der Waals surface area (Å²) in [4.78, 5) is -0.0278. The molecular weight excluding hydrogens is 272 g/mol. The maximum Gasteiger partial charge on any atom is 0.294 e. The van der Waals surface area contributed by atoms with Crippen molar-refractivity contribution in [1.82, 2.24) is 0 Å². The molecule has 2 aromatic rings. The van der Waals surface area contributed by atoms with Gasteiger partial charge in [0, 0.05) is 0 Å². The lowest BCUT2D eigenvalue weighted by Gasteiger charge is -2.00. The van der Waals surface area contributed by atoms with Crippen molar-refractivity contribution in [3.05, 3.63) is 64.7 Å². The summed E-state index contributed by atoms with van der Waals surface area (Å²) in [6.45, 7) is 8.07. The molecule has 0 atom stereocenters. The van der Waals surface area contributed by atoms with Crippen LogP contribution in [-0.4, -0.2) is 13.0 Å². The topological polar surface area (TPSA) is 54.4 Å². The van der Waals surface area contributed by atoms with Crippen LogP contribution in [0.5, 0.6) is 0 Å². The highest BCUT2D eigenvalue weighted by molar-refractivity contribution is 7.85. The number of benzene rings is 2. The Kier molecular flexibility index (Phi) is 5.48. The van der Waals surface area contributed by atoms with E-state index in [1.165, 1.54) is 22.8 Å². The standard InChI is InChI=1S/C9H12.C7H8O3S/c1-7-5-4-6-8(2)9(7)3;1-6-4-2-3-5-7(6)11(8,9)10/h4-6H,1-3H3;2-5H,1H3,(H,8,9,10). The molecule has 0 spiro atoms. The Morgan fingerprint density at radius 2 is 1.20 bits per heavy atom. The van der Waals surface area contributed by atoms with Crippen molar-refractivity contribution in [3.63, 3.8) is 0 Å². The summed E-state index contributed by atoms with van der Waals surface area (Å²) < 4.78 is 29.9. The summed E-state index contributed by atoms with van der Waals surface area (Å²) >= 11 is 0. The summed E-state index contributed by atoms with van der Waals surface area (Å²) in [5.41, 5.74) is 4.73. The third kappa shape index (κ3) is 4.47. The summed E-state index contributed by atoms with van der Waals surface area (Å²) in [5, 5.41) is 0. The van der Waals surface area contributed by atoms with Crippen LogP contribution >= 0.6 is 0 Å². The van der Waals surface area contributed by atoms with Crippen molar-refractivity contribution in [1.29, 1.82) is 0 Å². The van der Waals surface area contributed by atoms with E-state index in [0.29, 0.717) is 5.56 Å². The van der Waals surface area contributed by atoms with E-state index in [1.807, 2.05) is 0 Å². The van der Waals surface area contributed by atoms with Gasteiger partial charge in [0.05, 0.1) is 4.90 Å². The highest BCUT2D eigenvalue weighted by Gasteiger charge is 2.10. The second-order valence-electron chi connectivity index (χ2n) is 4.76. The van der Waals surface area contributed by atoms with Gasteiger partial charge in [-0.05, 0) is 56.0 Å². The first kappa shape index (κ1) is 16.4. The quantitative estimate of drug-likeness (QED) is 0.812. The van der Waals surface area contributed by atoms with E-state index in [9.17, 15) is 8.42 Å². The van der Waals surface area contributed by atoms with Crippen LogP contribution < -0.4 is 0 Å². The van der Waals surface area contributed by atoms with Crippen molar-refractivity contribution in [3.8, 4) is 0 Å². The van der Waals surface area contributed by atoms with E-state index < -0.39 is 10.1 Å². The monoisotopic (exact) mass is 292 g/mol. The second kappa shape index (κ2) is 6.68. The second-order valence-corrected chi connectivity index (χ2v) is 6.15. The lowest BCUT2D eigenvalue weighted by molar-refractivity contribution is 0.482. The Bertz CT molecular complexity index is 668. The lowest BCUT2D eigenvalue weighted by atomic mass is 10.1. The molecule has 0 saturated carbocycles. The predicted octanol–water partition coefficient (Wildman–Crippen LogP) is 3.85. The molecule has 0 aliphatic carbocycles. The van der Waals surface area contributed by atoms with Crippen LogP contribution in [0.25, 0.3) is 0 Å². The van der Waals surface area contributed by atoms with Gasteiger partial charge in [-0.3, -0.25) is 4.55 Å². The molecule has 20 heavy (non-hydrogen) atoms. The molecule has 4 heteroatoms. The number of hydrogen-bond acceptors (Lipinski definition) is 2. The SMILES string of the molecule is Cc1cccc(C)c1C.Cc1ccccc1S(=O)(=O)O. The molecule has 0 radical (unpaired) electrons. The minimum atomic E-state index is -4.03. The smallest absolute Gasteiger partial charge is 0.282 e. The minimum Gasteiger partial charge on any atom is -0.282 e. The van der Waals surface area contributed by atoms with Gasteiger partial charge in [0.2, 0.25) is 0 Å². The fourth-order valence-electron chi connectivity index (χ4n) is 1.74. The van der Waals surface area contributed by atoms with Gasteiger partial charge in [-0.25, -0.2) is 0 Å². The molecule has 0 aliphatic heterocycles. The van der Waals surface area contributed by atoms with Gasteiger partial charge in [0.1, 0.15) is 0 Å². The Hall–Kier alpha value is -1.65. The number of hydrogen-bond donors (Lipinski definition) is 1. The van der Waals surface area contributed by atoms with Gasteiger partial charge in [0.25, 0.3) is 10.1 Å². The summed E-state index contributed by atoms with van der Waals surface area (Å²) in [7, 11) is -4.03.